The van der Waals surface area contributed by atoms with E-state index in [2.05, 4.69) is 10.3 Å². The van der Waals surface area contributed by atoms with Gasteiger partial charge in [-0.15, -0.1) is 0 Å². The van der Waals surface area contributed by atoms with Crippen LogP contribution in [-0.4, -0.2) is 27.1 Å². The number of nitrogens with one attached hydrogen (secondary N) is 1. The van der Waals surface area contributed by atoms with Crippen molar-refractivity contribution in [3.63, 3.8) is 0 Å². The fourth-order valence-electron chi connectivity index (χ4n) is 1.69. The first-order valence-electron chi connectivity index (χ1n) is 5.77. The molecule has 0 unspecified atom stereocenters. The Balaban J connectivity index is 2.29. The van der Waals surface area contributed by atoms with Gasteiger partial charge in [-0.3, -0.25) is 9.78 Å². The summed E-state index contributed by atoms with van der Waals surface area (Å²) in [7, 11) is 0. The van der Waals surface area contributed by atoms with Gasteiger partial charge in [0.15, 0.2) is 5.75 Å². The van der Waals surface area contributed by atoms with Crippen molar-refractivity contribution in [3.05, 3.63) is 53.3 Å². The van der Waals surface area contributed by atoms with E-state index in [1.807, 2.05) is 0 Å². The van der Waals surface area contributed by atoms with E-state index < -0.39 is 17.6 Å². The number of benzene rings is 1. The first-order valence-corrected chi connectivity index (χ1v) is 5.77. The smallest absolute Gasteiger partial charge is 0.339 e. The van der Waals surface area contributed by atoms with Crippen LogP contribution in [-0.2, 0) is 0 Å². The molecule has 1 aromatic carbocycles. The van der Waals surface area contributed by atoms with Gasteiger partial charge in [-0.25, -0.2) is 4.79 Å². The summed E-state index contributed by atoms with van der Waals surface area (Å²) in [4.78, 5) is 26.8. The lowest BCUT2D eigenvalue weighted by Gasteiger charge is -2.09. The molecule has 2 aromatic rings. The van der Waals surface area contributed by atoms with Crippen LogP contribution in [0.15, 0.2) is 36.7 Å². The summed E-state index contributed by atoms with van der Waals surface area (Å²) in [5.74, 6) is -2.22. The zero-order valence-corrected chi connectivity index (χ0v) is 10.6. The second-order valence-corrected chi connectivity index (χ2v) is 4.21. The molecule has 0 saturated heterocycles. The Labute approximate surface area is 114 Å². The number of carbonyl (C=O) groups excluding carboxylic acids is 1. The molecule has 1 amide bonds. The number of carbonyl (C=O) groups is 2. The van der Waals surface area contributed by atoms with E-state index in [4.69, 9.17) is 5.11 Å². The van der Waals surface area contributed by atoms with E-state index in [-0.39, 0.29) is 11.3 Å². The largest absolute Gasteiger partial charge is 0.505 e. The molecule has 102 valence electrons. The fourth-order valence-corrected chi connectivity index (χ4v) is 1.69. The molecular formula is C14H12N2O4. The number of pyridine rings is 1. The molecule has 0 spiro atoms. The minimum Gasteiger partial charge on any atom is -0.505 e. The van der Waals surface area contributed by atoms with Crippen molar-refractivity contribution in [3.8, 4) is 5.75 Å². The number of aromatic carboxylic acids is 1. The van der Waals surface area contributed by atoms with Crippen LogP contribution in [0, 0.1) is 6.92 Å². The van der Waals surface area contributed by atoms with Gasteiger partial charge < -0.3 is 15.5 Å². The van der Waals surface area contributed by atoms with Crippen LogP contribution in [0.1, 0.15) is 26.3 Å². The number of aryl methyl sites for hydroxylation is 1. The Morgan fingerprint density at radius 1 is 1.25 bits per heavy atom. The zero-order valence-electron chi connectivity index (χ0n) is 10.6. The van der Waals surface area contributed by atoms with E-state index in [1.165, 1.54) is 24.4 Å². The molecule has 6 nitrogen and oxygen atoms in total. The average molecular weight is 272 g/mol. The van der Waals surface area contributed by atoms with E-state index in [9.17, 15) is 14.7 Å². The maximum Gasteiger partial charge on any atom is 0.339 e. The van der Waals surface area contributed by atoms with Crippen molar-refractivity contribution in [1.29, 1.82) is 0 Å². The molecule has 0 fully saturated rings. The minimum absolute atomic E-state index is 0.0383. The molecule has 0 aliphatic heterocycles. The second kappa shape index (κ2) is 5.40. The Morgan fingerprint density at radius 3 is 2.65 bits per heavy atom. The molecule has 1 aromatic heterocycles. The summed E-state index contributed by atoms with van der Waals surface area (Å²) >= 11 is 0. The maximum atomic E-state index is 12.0. The van der Waals surface area contributed by atoms with Crippen LogP contribution in [0.3, 0.4) is 0 Å². The van der Waals surface area contributed by atoms with Gasteiger partial charge in [-0.05, 0) is 30.7 Å². The van der Waals surface area contributed by atoms with E-state index in [1.54, 1.807) is 19.2 Å². The number of rotatable bonds is 3. The van der Waals surface area contributed by atoms with Crippen LogP contribution in [0.25, 0.3) is 0 Å². The van der Waals surface area contributed by atoms with Crippen LogP contribution in [0.4, 0.5) is 5.69 Å². The van der Waals surface area contributed by atoms with Crippen molar-refractivity contribution in [2.45, 2.75) is 6.92 Å². The van der Waals surface area contributed by atoms with Crippen LogP contribution >= 0.6 is 0 Å². The molecule has 0 bridgehead atoms. The third-order valence-electron chi connectivity index (χ3n) is 2.65. The number of phenols is 1. The number of hydrogen-bond acceptors (Lipinski definition) is 4. The van der Waals surface area contributed by atoms with Crippen LogP contribution in [0.5, 0.6) is 5.75 Å². The van der Waals surface area contributed by atoms with Crippen LogP contribution in [0.2, 0.25) is 0 Å². The van der Waals surface area contributed by atoms with Gasteiger partial charge in [0, 0.05) is 12.4 Å². The van der Waals surface area contributed by atoms with Gasteiger partial charge in [0.1, 0.15) is 5.56 Å². The fraction of sp³-hybridized carbons (Fsp3) is 0.0714. The maximum absolute atomic E-state index is 12.0. The standard InChI is InChI=1S/C14H12N2O4/c1-8-5-9(7-15-6-8)13(18)16-11-4-2-3-10(12(11)17)14(19)20/h2-7,17H,1H3,(H,16,18)(H,19,20). The Morgan fingerprint density at radius 2 is 2.00 bits per heavy atom. The lowest BCUT2D eigenvalue weighted by Crippen LogP contribution is -2.13. The van der Waals surface area contributed by atoms with Crippen molar-refractivity contribution in [1.82, 2.24) is 4.98 Å². The predicted octanol–water partition coefficient (Wildman–Crippen LogP) is 2.05. The number of carboxylic acid groups (broad SMARTS) is 1. The number of para-hydroxylation sites is 1. The summed E-state index contributed by atoms with van der Waals surface area (Å²) < 4.78 is 0. The zero-order chi connectivity index (χ0) is 14.7. The quantitative estimate of drug-likeness (QED) is 0.742. The minimum atomic E-state index is -1.27. The number of aromatic hydroxyl groups is 1. The van der Waals surface area contributed by atoms with E-state index >= 15 is 0 Å². The van der Waals surface area contributed by atoms with E-state index in [0.29, 0.717) is 5.56 Å². The van der Waals surface area contributed by atoms with Gasteiger partial charge in [0.05, 0.1) is 11.3 Å². The Bertz CT molecular complexity index is 683. The Kier molecular flexibility index (Phi) is 3.65. The normalized spacial score (nSPS) is 10.1. The number of aromatic nitrogens is 1. The number of anilines is 1. The molecule has 20 heavy (non-hydrogen) atoms. The molecule has 0 radical (unpaired) electrons. The van der Waals surface area contributed by atoms with Gasteiger partial charge in [-0.2, -0.15) is 0 Å². The van der Waals surface area contributed by atoms with Gasteiger partial charge in [0.2, 0.25) is 0 Å². The molecule has 1 heterocycles. The Hall–Kier alpha value is -2.89. The first-order chi connectivity index (χ1) is 9.49. The summed E-state index contributed by atoms with van der Waals surface area (Å²) in [6.45, 7) is 1.80. The van der Waals surface area contributed by atoms with Gasteiger partial charge in [-0.1, -0.05) is 6.07 Å². The highest BCUT2D eigenvalue weighted by Crippen LogP contribution is 2.27. The summed E-state index contributed by atoms with van der Waals surface area (Å²) in [6, 6.07) is 5.75. The molecule has 0 atom stereocenters. The lowest BCUT2D eigenvalue weighted by molar-refractivity contribution is 0.0693. The highest BCUT2D eigenvalue weighted by molar-refractivity contribution is 6.06. The monoisotopic (exact) mass is 272 g/mol. The number of nitrogens with zero attached hydrogens (tertiary/aromatic N) is 1. The van der Waals surface area contributed by atoms with Crippen molar-refractivity contribution in [2.75, 3.05) is 5.32 Å². The third kappa shape index (κ3) is 2.74. The third-order valence-corrected chi connectivity index (χ3v) is 2.65. The molecule has 0 aliphatic rings. The van der Waals surface area contributed by atoms with E-state index in [0.717, 1.165) is 5.56 Å². The number of amides is 1. The van der Waals surface area contributed by atoms with Gasteiger partial charge in [0.25, 0.3) is 5.91 Å². The highest BCUT2D eigenvalue weighted by atomic mass is 16.4. The SMILES string of the molecule is Cc1cncc(C(=O)Nc2cccc(C(=O)O)c2O)c1. The first kappa shape index (κ1) is 13.5. The van der Waals surface area contributed by atoms with Crippen molar-refractivity contribution < 1.29 is 19.8 Å². The highest BCUT2D eigenvalue weighted by Gasteiger charge is 2.15. The average Bonchev–Trinajstić information content (AvgIpc) is 2.40. The summed E-state index contributed by atoms with van der Waals surface area (Å²) in [6.07, 6.45) is 3.00. The molecule has 0 saturated carbocycles. The van der Waals surface area contributed by atoms with Crippen LogP contribution < -0.4 is 5.32 Å². The molecule has 0 aliphatic carbocycles. The summed E-state index contributed by atoms with van der Waals surface area (Å²) in [5, 5.41) is 21.2. The predicted molar refractivity (Wildman–Crippen MR) is 72.0 cm³/mol. The molecule has 2 rings (SSSR count). The van der Waals surface area contributed by atoms with Gasteiger partial charge >= 0.3 is 5.97 Å². The second-order valence-electron chi connectivity index (χ2n) is 4.21. The van der Waals surface area contributed by atoms with Crippen molar-refractivity contribution >= 4 is 17.6 Å². The molecular weight excluding hydrogens is 260 g/mol. The topological polar surface area (TPSA) is 99.5 Å². The number of hydrogen-bond donors (Lipinski definition) is 3. The van der Waals surface area contributed by atoms with Crippen molar-refractivity contribution in [2.24, 2.45) is 0 Å². The molecule has 6 heteroatoms. The summed E-state index contributed by atoms with van der Waals surface area (Å²) in [5.41, 5.74) is 0.910. The molecule has 3 N–H and O–H groups in total. The lowest BCUT2D eigenvalue weighted by atomic mass is 10.1. The number of carboxylic acids is 1.